The van der Waals surface area contributed by atoms with Crippen LogP contribution in [0.5, 0.6) is 0 Å². The minimum absolute atomic E-state index is 1.23. The predicted octanol–water partition coefficient (Wildman–Crippen LogP) is 7.07. The van der Waals surface area contributed by atoms with Crippen molar-refractivity contribution in [2.24, 2.45) is 0 Å². The average molecular weight is 302 g/mol. The summed E-state index contributed by atoms with van der Waals surface area (Å²) in [6.07, 6.45) is 15.7. The van der Waals surface area contributed by atoms with E-state index >= 15 is 0 Å². The van der Waals surface area contributed by atoms with E-state index in [9.17, 15) is 0 Å². The Balaban J connectivity index is 2.89. The maximum Gasteiger partial charge on any atom is -0.0235 e. The van der Waals surface area contributed by atoms with E-state index in [1.165, 1.54) is 82.6 Å². The monoisotopic (exact) mass is 301 g/mol. The van der Waals surface area contributed by atoms with Crippen molar-refractivity contribution < 1.29 is 0 Å². The molecule has 0 saturated heterocycles. The van der Waals surface area contributed by atoms with Gasteiger partial charge < -0.3 is 0 Å². The smallest absolute Gasteiger partial charge is 0.0235 e. The molecule has 0 amide bonds. The van der Waals surface area contributed by atoms with Gasteiger partial charge in [0.2, 0.25) is 0 Å². The molecule has 0 heteroatoms. The van der Waals surface area contributed by atoms with Crippen molar-refractivity contribution in [2.75, 3.05) is 0 Å². The Kier molecular flexibility index (Phi) is 10.3. The summed E-state index contributed by atoms with van der Waals surface area (Å²) >= 11 is 0. The van der Waals surface area contributed by atoms with E-state index in [0.29, 0.717) is 0 Å². The minimum atomic E-state index is 1.23. The summed E-state index contributed by atoms with van der Waals surface area (Å²) in [5.41, 5.74) is 6.14. The molecular formula is C22H37. The van der Waals surface area contributed by atoms with Gasteiger partial charge >= 0.3 is 0 Å². The first-order valence-electron chi connectivity index (χ1n) is 9.70. The molecule has 0 nitrogen and oxygen atoms in total. The SMILES string of the molecule is [CH2]c1ccc(CCCCC)c(CCCCC)c1CCCCC. The van der Waals surface area contributed by atoms with E-state index in [1.807, 2.05) is 0 Å². The molecule has 1 aromatic carbocycles. The van der Waals surface area contributed by atoms with Crippen molar-refractivity contribution in [3.63, 3.8) is 0 Å². The zero-order chi connectivity index (χ0) is 16.2. The average Bonchev–Trinajstić information content (AvgIpc) is 2.52. The molecule has 0 N–H and O–H groups in total. The van der Waals surface area contributed by atoms with Crippen LogP contribution >= 0.6 is 0 Å². The van der Waals surface area contributed by atoms with Crippen LogP contribution in [0, 0.1) is 6.92 Å². The van der Waals surface area contributed by atoms with E-state index in [4.69, 9.17) is 0 Å². The lowest BCUT2D eigenvalue weighted by Gasteiger charge is -2.18. The van der Waals surface area contributed by atoms with Crippen LogP contribution in [0.25, 0.3) is 0 Å². The van der Waals surface area contributed by atoms with E-state index < -0.39 is 0 Å². The third-order valence-electron chi connectivity index (χ3n) is 4.74. The molecule has 0 unspecified atom stereocenters. The molecule has 1 aromatic rings. The number of aryl methyl sites for hydroxylation is 1. The second-order valence-corrected chi connectivity index (χ2v) is 6.71. The molecule has 1 radical (unpaired) electrons. The molecule has 0 aromatic heterocycles. The van der Waals surface area contributed by atoms with Crippen LogP contribution in [0.2, 0.25) is 0 Å². The van der Waals surface area contributed by atoms with Gasteiger partial charge in [-0.2, -0.15) is 0 Å². The third kappa shape index (κ3) is 6.55. The number of benzene rings is 1. The van der Waals surface area contributed by atoms with Crippen LogP contribution in [-0.2, 0) is 19.3 Å². The molecular weight excluding hydrogens is 264 g/mol. The summed E-state index contributed by atoms with van der Waals surface area (Å²) in [6, 6.07) is 4.63. The van der Waals surface area contributed by atoms with Crippen LogP contribution in [0.4, 0.5) is 0 Å². The first-order chi connectivity index (χ1) is 10.7. The second kappa shape index (κ2) is 11.7. The van der Waals surface area contributed by atoms with Crippen LogP contribution in [0.15, 0.2) is 12.1 Å². The van der Waals surface area contributed by atoms with Gasteiger partial charge in [-0.15, -0.1) is 0 Å². The highest BCUT2D eigenvalue weighted by molar-refractivity contribution is 5.43. The fourth-order valence-electron chi connectivity index (χ4n) is 3.32. The molecule has 0 aliphatic heterocycles. The molecule has 125 valence electrons. The van der Waals surface area contributed by atoms with Crippen LogP contribution in [-0.4, -0.2) is 0 Å². The van der Waals surface area contributed by atoms with Crippen LogP contribution < -0.4 is 0 Å². The van der Waals surface area contributed by atoms with Gasteiger partial charge in [0.15, 0.2) is 0 Å². The Hall–Kier alpha value is -0.780. The Morgan fingerprint density at radius 2 is 1.14 bits per heavy atom. The van der Waals surface area contributed by atoms with Gasteiger partial charge in [0.05, 0.1) is 0 Å². The summed E-state index contributed by atoms with van der Waals surface area (Å²) in [7, 11) is 0. The Labute approximate surface area is 139 Å². The summed E-state index contributed by atoms with van der Waals surface area (Å²) in [4.78, 5) is 0. The summed E-state index contributed by atoms with van der Waals surface area (Å²) in [6.45, 7) is 11.2. The van der Waals surface area contributed by atoms with Crippen LogP contribution in [0.1, 0.15) is 101 Å². The van der Waals surface area contributed by atoms with Gasteiger partial charge in [-0.25, -0.2) is 0 Å². The van der Waals surface area contributed by atoms with Crippen molar-refractivity contribution in [3.8, 4) is 0 Å². The maximum absolute atomic E-state index is 4.33. The fraction of sp³-hybridized carbons (Fsp3) is 0.682. The Bertz CT molecular complexity index is 403. The zero-order valence-corrected chi connectivity index (χ0v) is 15.3. The highest BCUT2D eigenvalue weighted by Gasteiger charge is 2.11. The highest BCUT2D eigenvalue weighted by atomic mass is 14.2. The molecule has 0 saturated carbocycles. The van der Waals surface area contributed by atoms with Crippen molar-refractivity contribution in [1.82, 2.24) is 0 Å². The second-order valence-electron chi connectivity index (χ2n) is 6.71. The van der Waals surface area contributed by atoms with Gasteiger partial charge in [-0.05, 0) is 67.7 Å². The quantitative estimate of drug-likeness (QED) is 0.362. The zero-order valence-electron chi connectivity index (χ0n) is 15.3. The van der Waals surface area contributed by atoms with E-state index in [2.05, 4.69) is 39.8 Å². The van der Waals surface area contributed by atoms with Gasteiger partial charge in [-0.3, -0.25) is 0 Å². The lowest BCUT2D eigenvalue weighted by molar-refractivity contribution is 0.677. The molecule has 0 fully saturated rings. The van der Waals surface area contributed by atoms with Gasteiger partial charge in [0.1, 0.15) is 0 Å². The summed E-state index contributed by atoms with van der Waals surface area (Å²) < 4.78 is 0. The van der Waals surface area contributed by atoms with Crippen molar-refractivity contribution >= 4 is 0 Å². The van der Waals surface area contributed by atoms with Crippen LogP contribution in [0.3, 0.4) is 0 Å². The maximum atomic E-state index is 4.33. The number of unbranched alkanes of at least 4 members (excludes halogenated alkanes) is 6. The molecule has 0 aliphatic rings. The summed E-state index contributed by atoms with van der Waals surface area (Å²) in [5.74, 6) is 0. The highest BCUT2D eigenvalue weighted by Crippen LogP contribution is 2.25. The third-order valence-corrected chi connectivity index (χ3v) is 4.74. The molecule has 0 aliphatic carbocycles. The number of rotatable bonds is 12. The molecule has 0 heterocycles. The molecule has 0 spiro atoms. The van der Waals surface area contributed by atoms with E-state index in [-0.39, 0.29) is 0 Å². The van der Waals surface area contributed by atoms with Crippen molar-refractivity contribution in [1.29, 1.82) is 0 Å². The lowest BCUT2D eigenvalue weighted by Crippen LogP contribution is -2.04. The normalized spacial score (nSPS) is 11.1. The van der Waals surface area contributed by atoms with Gasteiger partial charge in [0.25, 0.3) is 0 Å². The van der Waals surface area contributed by atoms with E-state index in [1.54, 1.807) is 16.7 Å². The standard InChI is InChI=1S/C22H37/c1-5-8-11-14-20-18-17-19(4)21(15-12-9-6-2)22(20)16-13-10-7-3/h17-18H,4-16H2,1-3H3. The van der Waals surface area contributed by atoms with Gasteiger partial charge in [0, 0.05) is 0 Å². The molecule has 0 atom stereocenters. The van der Waals surface area contributed by atoms with Gasteiger partial charge in [-0.1, -0.05) is 71.4 Å². The minimum Gasteiger partial charge on any atom is -0.0654 e. The number of hydrogen-bond donors (Lipinski definition) is 0. The first kappa shape index (κ1) is 19.3. The molecule has 22 heavy (non-hydrogen) atoms. The topological polar surface area (TPSA) is 0 Å². The van der Waals surface area contributed by atoms with E-state index in [0.717, 1.165) is 0 Å². The fourth-order valence-corrected chi connectivity index (χ4v) is 3.32. The first-order valence-corrected chi connectivity index (χ1v) is 9.70. The number of hydrogen-bond acceptors (Lipinski definition) is 0. The summed E-state index contributed by atoms with van der Waals surface area (Å²) in [5, 5.41) is 0. The Morgan fingerprint density at radius 3 is 1.68 bits per heavy atom. The molecule has 1 rings (SSSR count). The molecule has 0 bridgehead atoms. The lowest BCUT2D eigenvalue weighted by atomic mass is 9.88. The Morgan fingerprint density at radius 1 is 0.636 bits per heavy atom. The largest absolute Gasteiger partial charge is 0.0654 e. The van der Waals surface area contributed by atoms with Crippen molar-refractivity contribution in [2.45, 2.75) is 97.8 Å². The van der Waals surface area contributed by atoms with Crippen molar-refractivity contribution in [3.05, 3.63) is 41.3 Å². The predicted molar refractivity (Wildman–Crippen MR) is 101 cm³/mol.